The van der Waals surface area contributed by atoms with Crippen molar-refractivity contribution in [2.24, 2.45) is 14.1 Å². The number of nitrogens with one attached hydrogen (secondary N) is 1. The van der Waals surface area contributed by atoms with Crippen molar-refractivity contribution in [1.82, 2.24) is 28.7 Å². The number of rotatable bonds is 6. The molecule has 0 fully saturated rings. The largest absolute Gasteiger partial charge is 0.330 e. The Morgan fingerprint density at radius 1 is 1.29 bits per heavy atom. The molecule has 3 rings (SSSR count). The molecule has 0 saturated carbocycles. The molecule has 24 heavy (non-hydrogen) atoms. The van der Waals surface area contributed by atoms with Gasteiger partial charge in [-0.05, 0) is 6.42 Å². The first-order valence-corrected chi connectivity index (χ1v) is 8.80. The first-order chi connectivity index (χ1) is 11.5. The number of fused-ring (bicyclic) bond motifs is 1. The maximum absolute atomic E-state index is 12.2. The molecule has 128 valence electrons. The van der Waals surface area contributed by atoms with Crippen molar-refractivity contribution in [2.45, 2.75) is 37.2 Å². The Morgan fingerprint density at radius 3 is 2.75 bits per heavy atom. The lowest BCUT2D eigenvalue weighted by Gasteiger charge is -2.04. The molecule has 8 nitrogen and oxygen atoms in total. The zero-order valence-electron chi connectivity index (χ0n) is 13.9. The lowest BCUT2D eigenvalue weighted by atomic mass is 10.3. The Bertz CT molecular complexity index is 980. The van der Waals surface area contributed by atoms with Crippen LogP contribution in [0.5, 0.6) is 0 Å². The summed E-state index contributed by atoms with van der Waals surface area (Å²) in [5.74, 6) is 1.30. The second-order valence-corrected chi connectivity index (χ2v) is 6.58. The van der Waals surface area contributed by atoms with E-state index >= 15 is 0 Å². The molecule has 3 aromatic rings. The lowest BCUT2D eigenvalue weighted by Crippen LogP contribution is -2.31. The number of hydrogen-bond donors (Lipinski definition) is 1. The molecule has 9 heteroatoms. The molecule has 0 bridgehead atoms. The molecule has 0 amide bonds. The summed E-state index contributed by atoms with van der Waals surface area (Å²) in [6, 6.07) is 0. The summed E-state index contributed by atoms with van der Waals surface area (Å²) in [5.41, 5.74) is 0.0876. The number of hydrogen-bond acceptors (Lipinski definition) is 5. The Labute approximate surface area is 142 Å². The van der Waals surface area contributed by atoms with Crippen LogP contribution < -0.4 is 11.2 Å². The second-order valence-electron chi connectivity index (χ2n) is 5.63. The second kappa shape index (κ2) is 6.68. The maximum Gasteiger partial charge on any atom is 0.330 e. The SMILES string of the molecule is CCCCn1c(=O)[nH]c(=O)c2c1nc(CSc1nccn1C)n2C. The molecule has 0 atom stereocenters. The predicted molar refractivity (Wildman–Crippen MR) is 93.3 cm³/mol. The van der Waals surface area contributed by atoms with Gasteiger partial charge in [-0.25, -0.2) is 14.8 Å². The van der Waals surface area contributed by atoms with Gasteiger partial charge in [-0.2, -0.15) is 0 Å². The van der Waals surface area contributed by atoms with Crippen LogP contribution in [0.1, 0.15) is 25.6 Å². The molecule has 0 saturated heterocycles. The highest BCUT2D eigenvalue weighted by Gasteiger charge is 2.16. The third-order valence-corrected chi connectivity index (χ3v) is 5.00. The normalized spacial score (nSPS) is 11.5. The van der Waals surface area contributed by atoms with Crippen LogP contribution >= 0.6 is 11.8 Å². The first kappa shape index (κ1) is 16.6. The van der Waals surface area contributed by atoms with Crippen molar-refractivity contribution in [2.75, 3.05) is 0 Å². The van der Waals surface area contributed by atoms with Crippen LogP contribution in [0.2, 0.25) is 0 Å². The fourth-order valence-corrected chi connectivity index (χ4v) is 3.48. The van der Waals surface area contributed by atoms with Crippen LogP contribution in [0, 0.1) is 0 Å². The van der Waals surface area contributed by atoms with E-state index in [9.17, 15) is 9.59 Å². The van der Waals surface area contributed by atoms with Crippen molar-refractivity contribution < 1.29 is 0 Å². The molecule has 3 heterocycles. The van der Waals surface area contributed by atoms with Crippen molar-refractivity contribution in [3.05, 3.63) is 39.1 Å². The van der Waals surface area contributed by atoms with E-state index in [4.69, 9.17) is 0 Å². The Balaban J connectivity index is 2.02. The molecule has 0 aliphatic rings. The summed E-state index contributed by atoms with van der Waals surface area (Å²) in [6.07, 6.45) is 5.44. The predicted octanol–water partition coefficient (Wildman–Crippen LogP) is 1.25. The van der Waals surface area contributed by atoms with Gasteiger partial charge in [-0.1, -0.05) is 25.1 Å². The van der Waals surface area contributed by atoms with E-state index in [2.05, 4.69) is 21.9 Å². The van der Waals surface area contributed by atoms with Gasteiger partial charge in [-0.3, -0.25) is 14.3 Å². The average molecular weight is 348 g/mol. The molecule has 1 N–H and O–H groups in total. The molecule has 0 spiro atoms. The summed E-state index contributed by atoms with van der Waals surface area (Å²) >= 11 is 1.54. The van der Waals surface area contributed by atoms with Crippen molar-refractivity contribution >= 4 is 22.9 Å². The van der Waals surface area contributed by atoms with Gasteiger partial charge >= 0.3 is 5.69 Å². The van der Waals surface area contributed by atoms with Gasteiger partial charge in [-0.15, -0.1) is 0 Å². The molecule has 0 aliphatic heterocycles. The van der Waals surface area contributed by atoms with Gasteiger partial charge in [0.15, 0.2) is 16.3 Å². The number of aryl methyl sites for hydroxylation is 3. The van der Waals surface area contributed by atoms with E-state index in [0.29, 0.717) is 23.5 Å². The van der Waals surface area contributed by atoms with Gasteiger partial charge in [0.25, 0.3) is 5.56 Å². The van der Waals surface area contributed by atoms with Gasteiger partial charge in [0, 0.05) is 33.0 Å². The number of nitrogens with zero attached hydrogens (tertiary/aromatic N) is 5. The molecular formula is C15H20N6O2S. The van der Waals surface area contributed by atoms with E-state index < -0.39 is 11.2 Å². The molecule has 0 aromatic carbocycles. The minimum Gasteiger partial charge on any atom is -0.329 e. The standard InChI is InChI=1S/C15H20N6O2S/c1-4-5-7-21-12-11(13(22)18-14(21)23)20(3)10(17-12)9-24-15-16-6-8-19(15)2/h6,8H,4-5,7,9H2,1-3H3,(H,18,22,23). The number of H-pyrrole nitrogens is 1. The van der Waals surface area contributed by atoms with E-state index in [1.807, 2.05) is 17.8 Å². The van der Waals surface area contributed by atoms with E-state index in [0.717, 1.165) is 23.8 Å². The van der Waals surface area contributed by atoms with Crippen LogP contribution in [0.4, 0.5) is 0 Å². The summed E-state index contributed by atoms with van der Waals surface area (Å²) in [5, 5.41) is 0.874. The number of thioether (sulfide) groups is 1. The van der Waals surface area contributed by atoms with Crippen LogP contribution in [0.25, 0.3) is 11.2 Å². The summed E-state index contributed by atoms with van der Waals surface area (Å²) in [4.78, 5) is 35.5. The van der Waals surface area contributed by atoms with Gasteiger partial charge in [0.1, 0.15) is 5.82 Å². The van der Waals surface area contributed by atoms with Crippen LogP contribution in [0.3, 0.4) is 0 Å². The van der Waals surface area contributed by atoms with E-state index in [1.165, 1.54) is 11.8 Å². The van der Waals surface area contributed by atoms with Crippen molar-refractivity contribution in [3.63, 3.8) is 0 Å². The smallest absolute Gasteiger partial charge is 0.329 e. The van der Waals surface area contributed by atoms with Crippen molar-refractivity contribution in [3.8, 4) is 0 Å². The topological polar surface area (TPSA) is 90.5 Å². The quantitative estimate of drug-likeness (QED) is 0.677. The Hall–Kier alpha value is -2.29. The highest BCUT2D eigenvalue weighted by molar-refractivity contribution is 7.98. The van der Waals surface area contributed by atoms with E-state index in [-0.39, 0.29) is 0 Å². The Morgan fingerprint density at radius 2 is 2.08 bits per heavy atom. The summed E-state index contributed by atoms with van der Waals surface area (Å²) in [7, 11) is 3.73. The minimum absolute atomic E-state index is 0.397. The molecule has 0 unspecified atom stereocenters. The monoisotopic (exact) mass is 348 g/mol. The maximum atomic E-state index is 12.2. The number of aromatic nitrogens is 6. The number of unbranched alkanes of at least 4 members (excludes halogenated alkanes) is 1. The first-order valence-electron chi connectivity index (χ1n) is 7.81. The fourth-order valence-electron chi connectivity index (χ4n) is 2.56. The zero-order chi connectivity index (χ0) is 17.3. The third-order valence-electron chi connectivity index (χ3n) is 3.95. The van der Waals surface area contributed by atoms with E-state index in [1.54, 1.807) is 22.4 Å². The minimum atomic E-state index is -0.401. The van der Waals surface area contributed by atoms with Crippen LogP contribution in [-0.4, -0.2) is 28.7 Å². The zero-order valence-corrected chi connectivity index (χ0v) is 14.8. The van der Waals surface area contributed by atoms with Crippen LogP contribution in [0.15, 0.2) is 27.1 Å². The highest BCUT2D eigenvalue weighted by atomic mass is 32.2. The average Bonchev–Trinajstić information content (AvgIpc) is 3.09. The van der Waals surface area contributed by atoms with Crippen molar-refractivity contribution in [1.29, 1.82) is 0 Å². The fraction of sp³-hybridized carbons (Fsp3) is 0.467. The van der Waals surface area contributed by atoms with Crippen LogP contribution in [-0.2, 0) is 26.4 Å². The molecule has 3 aromatic heterocycles. The molecular weight excluding hydrogens is 328 g/mol. The summed E-state index contributed by atoms with van der Waals surface area (Å²) < 4.78 is 5.23. The summed E-state index contributed by atoms with van der Waals surface area (Å²) in [6.45, 7) is 2.60. The Kier molecular flexibility index (Phi) is 4.61. The van der Waals surface area contributed by atoms with Gasteiger partial charge in [0.2, 0.25) is 0 Å². The highest BCUT2D eigenvalue weighted by Crippen LogP contribution is 2.21. The third kappa shape index (κ3) is 2.91. The number of imidazole rings is 2. The molecule has 0 aliphatic carbocycles. The lowest BCUT2D eigenvalue weighted by molar-refractivity contribution is 0.613. The molecule has 0 radical (unpaired) electrons. The van der Waals surface area contributed by atoms with Gasteiger partial charge in [0.05, 0.1) is 5.75 Å². The number of aromatic amines is 1. The van der Waals surface area contributed by atoms with Gasteiger partial charge < -0.3 is 9.13 Å².